The van der Waals surface area contributed by atoms with Crippen LogP contribution in [0.1, 0.15) is 16.1 Å². The highest BCUT2D eigenvalue weighted by Gasteiger charge is 2.40. The number of nitrogens with one attached hydrogen (secondary N) is 1. The molecule has 1 N–H and O–H groups in total. The third-order valence-electron chi connectivity index (χ3n) is 3.54. The average molecular weight is 416 g/mol. The average Bonchev–Trinajstić information content (AvgIpc) is 3.07. The van der Waals surface area contributed by atoms with Crippen molar-refractivity contribution in [2.24, 2.45) is 0 Å². The molecule has 2 aromatic heterocycles. The zero-order valence-corrected chi connectivity index (χ0v) is 14.1. The lowest BCUT2D eigenvalue weighted by Crippen LogP contribution is -2.21. The molecule has 29 heavy (non-hydrogen) atoms. The van der Waals surface area contributed by atoms with Crippen molar-refractivity contribution in [2.75, 3.05) is 5.32 Å². The number of rotatable bonds is 4. The van der Waals surface area contributed by atoms with Crippen LogP contribution in [0.2, 0.25) is 0 Å². The fourth-order valence-corrected chi connectivity index (χ4v) is 2.41. The molecule has 0 aliphatic rings. The molecule has 0 aliphatic carbocycles. The van der Waals surface area contributed by atoms with Gasteiger partial charge in [0.2, 0.25) is 0 Å². The predicted molar refractivity (Wildman–Crippen MR) is 87.4 cm³/mol. The molecule has 12 heteroatoms. The number of benzene rings is 1. The van der Waals surface area contributed by atoms with Crippen LogP contribution in [0.5, 0.6) is 5.75 Å². The zero-order chi connectivity index (χ0) is 21.2. The minimum Gasteiger partial charge on any atom is -0.406 e. The number of nitrogens with zero attached hydrogens (tertiary/aromatic N) is 3. The van der Waals surface area contributed by atoms with E-state index in [1.54, 1.807) is 0 Å². The third-order valence-corrected chi connectivity index (χ3v) is 3.54. The van der Waals surface area contributed by atoms with E-state index in [1.165, 1.54) is 24.5 Å². The molecule has 152 valence electrons. The SMILES string of the molecule is O=C(Nc1ccncc1)c1cnn(-c2ccc(OC(F)(F)F)cc2)c1C(F)(F)F. The molecule has 3 aromatic rings. The van der Waals surface area contributed by atoms with E-state index >= 15 is 0 Å². The Morgan fingerprint density at radius 1 is 0.966 bits per heavy atom. The van der Waals surface area contributed by atoms with E-state index in [1.807, 2.05) is 0 Å². The summed E-state index contributed by atoms with van der Waals surface area (Å²) in [5.41, 5.74) is -2.13. The van der Waals surface area contributed by atoms with Gasteiger partial charge in [0, 0.05) is 18.1 Å². The molecule has 1 amide bonds. The first-order valence-corrected chi connectivity index (χ1v) is 7.77. The first kappa shape index (κ1) is 20.2. The zero-order valence-electron chi connectivity index (χ0n) is 14.1. The second-order valence-electron chi connectivity index (χ2n) is 5.55. The number of alkyl halides is 6. The minimum absolute atomic E-state index is 0.213. The third kappa shape index (κ3) is 4.83. The number of pyridine rings is 1. The smallest absolute Gasteiger partial charge is 0.406 e. The fraction of sp³-hybridized carbons (Fsp3) is 0.118. The quantitative estimate of drug-likeness (QED) is 0.639. The van der Waals surface area contributed by atoms with Gasteiger partial charge in [-0.1, -0.05) is 0 Å². The normalized spacial score (nSPS) is 11.9. The van der Waals surface area contributed by atoms with Crippen LogP contribution in [0.3, 0.4) is 0 Å². The largest absolute Gasteiger partial charge is 0.573 e. The van der Waals surface area contributed by atoms with Crippen molar-refractivity contribution in [1.29, 1.82) is 0 Å². The van der Waals surface area contributed by atoms with Crippen LogP contribution in [0.25, 0.3) is 5.69 Å². The maximum atomic E-state index is 13.6. The molecule has 0 radical (unpaired) electrons. The molecule has 3 rings (SSSR count). The molecular weight excluding hydrogens is 406 g/mol. The molecule has 0 saturated carbocycles. The highest BCUT2D eigenvalue weighted by Crippen LogP contribution is 2.34. The molecular formula is C17H10F6N4O2. The van der Waals surface area contributed by atoms with Gasteiger partial charge in [-0.2, -0.15) is 18.3 Å². The summed E-state index contributed by atoms with van der Waals surface area (Å²) in [7, 11) is 0. The lowest BCUT2D eigenvalue weighted by Gasteiger charge is -2.14. The summed E-state index contributed by atoms with van der Waals surface area (Å²) < 4.78 is 81.6. The summed E-state index contributed by atoms with van der Waals surface area (Å²) in [5.74, 6) is -1.68. The number of hydrogen-bond donors (Lipinski definition) is 1. The Morgan fingerprint density at radius 3 is 2.14 bits per heavy atom. The molecule has 0 atom stereocenters. The van der Waals surface area contributed by atoms with E-state index in [9.17, 15) is 31.1 Å². The van der Waals surface area contributed by atoms with Crippen molar-refractivity contribution in [3.05, 3.63) is 66.2 Å². The van der Waals surface area contributed by atoms with Crippen molar-refractivity contribution in [2.45, 2.75) is 12.5 Å². The monoisotopic (exact) mass is 416 g/mol. The Morgan fingerprint density at radius 2 is 1.59 bits per heavy atom. The Hall–Kier alpha value is -3.57. The molecule has 1 aromatic carbocycles. The van der Waals surface area contributed by atoms with E-state index in [4.69, 9.17) is 0 Å². The minimum atomic E-state index is -4.97. The second kappa shape index (κ2) is 7.45. The number of carbonyl (C=O) groups is 1. The molecule has 0 aliphatic heterocycles. The van der Waals surface area contributed by atoms with Crippen LogP contribution < -0.4 is 10.1 Å². The van der Waals surface area contributed by atoms with Crippen molar-refractivity contribution in [3.8, 4) is 11.4 Å². The molecule has 2 heterocycles. The van der Waals surface area contributed by atoms with Crippen molar-refractivity contribution < 1.29 is 35.9 Å². The molecule has 0 spiro atoms. The number of carbonyl (C=O) groups excluding carboxylic acids is 1. The lowest BCUT2D eigenvalue weighted by atomic mass is 10.2. The Kier molecular flexibility index (Phi) is 5.18. The Balaban J connectivity index is 1.95. The Labute approximate surface area is 158 Å². The van der Waals surface area contributed by atoms with Crippen LogP contribution in [-0.2, 0) is 6.18 Å². The summed E-state index contributed by atoms with van der Waals surface area (Å²) >= 11 is 0. The standard InChI is InChI=1S/C17H10F6N4O2/c18-16(19,20)14-13(15(28)26-10-5-7-24-8-6-10)9-25-27(14)11-1-3-12(4-2-11)29-17(21,22)23/h1-9H,(H,24,26,28). The van der Waals surface area contributed by atoms with E-state index in [0.29, 0.717) is 4.68 Å². The van der Waals surface area contributed by atoms with E-state index in [-0.39, 0.29) is 11.4 Å². The number of halogens is 6. The summed E-state index contributed by atoms with van der Waals surface area (Å²) in [6.45, 7) is 0. The van der Waals surface area contributed by atoms with Gasteiger partial charge in [-0.15, -0.1) is 13.2 Å². The summed E-state index contributed by atoms with van der Waals surface area (Å²) in [4.78, 5) is 16.0. The summed E-state index contributed by atoms with van der Waals surface area (Å²) in [6, 6.07) is 6.34. The summed E-state index contributed by atoms with van der Waals surface area (Å²) in [5, 5.41) is 5.87. The first-order chi connectivity index (χ1) is 13.5. The van der Waals surface area contributed by atoms with Crippen LogP contribution in [0.15, 0.2) is 55.0 Å². The lowest BCUT2D eigenvalue weighted by molar-refractivity contribution is -0.274. The number of hydrogen-bond acceptors (Lipinski definition) is 4. The number of amides is 1. The number of aromatic nitrogens is 3. The molecule has 0 bridgehead atoms. The molecule has 0 fully saturated rings. The highest BCUT2D eigenvalue weighted by molar-refractivity contribution is 6.05. The topological polar surface area (TPSA) is 69.0 Å². The van der Waals surface area contributed by atoms with Gasteiger partial charge >= 0.3 is 12.5 Å². The fourth-order valence-electron chi connectivity index (χ4n) is 2.41. The maximum Gasteiger partial charge on any atom is 0.573 e. The van der Waals surface area contributed by atoms with E-state index in [0.717, 1.165) is 30.5 Å². The van der Waals surface area contributed by atoms with E-state index in [2.05, 4.69) is 20.1 Å². The van der Waals surface area contributed by atoms with E-state index < -0.39 is 35.5 Å². The van der Waals surface area contributed by atoms with Crippen molar-refractivity contribution in [1.82, 2.24) is 14.8 Å². The van der Waals surface area contributed by atoms with Gasteiger partial charge in [-0.25, -0.2) is 4.68 Å². The second-order valence-corrected chi connectivity index (χ2v) is 5.55. The van der Waals surface area contributed by atoms with Crippen molar-refractivity contribution in [3.63, 3.8) is 0 Å². The highest BCUT2D eigenvalue weighted by atomic mass is 19.4. The van der Waals surface area contributed by atoms with Gasteiger partial charge in [-0.05, 0) is 36.4 Å². The van der Waals surface area contributed by atoms with Crippen molar-refractivity contribution >= 4 is 11.6 Å². The van der Waals surface area contributed by atoms with Gasteiger partial charge in [-0.3, -0.25) is 9.78 Å². The number of anilines is 1. The van der Waals surface area contributed by atoms with Gasteiger partial charge in [0.05, 0.1) is 17.4 Å². The molecule has 6 nitrogen and oxygen atoms in total. The van der Waals surface area contributed by atoms with Gasteiger partial charge in [0.25, 0.3) is 5.91 Å². The van der Waals surface area contributed by atoms with Crippen LogP contribution in [0, 0.1) is 0 Å². The molecule has 0 saturated heterocycles. The van der Waals surface area contributed by atoms with Gasteiger partial charge in [0.1, 0.15) is 5.75 Å². The maximum absolute atomic E-state index is 13.6. The predicted octanol–water partition coefficient (Wildman–Crippen LogP) is 4.44. The Bertz CT molecular complexity index is 998. The van der Waals surface area contributed by atoms with Gasteiger partial charge < -0.3 is 10.1 Å². The van der Waals surface area contributed by atoms with Crippen LogP contribution in [-0.4, -0.2) is 27.0 Å². The number of ether oxygens (including phenoxy) is 1. The van der Waals surface area contributed by atoms with Crippen LogP contribution in [0.4, 0.5) is 32.0 Å². The molecule has 0 unspecified atom stereocenters. The van der Waals surface area contributed by atoms with Crippen LogP contribution >= 0.6 is 0 Å². The van der Waals surface area contributed by atoms with Gasteiger partial charge in [0.15, 0.2) is 5.69 Å². The summed E-state index contributed by atoms with van der Waals surface area (Å²) in [6.07, 6.45) is -6.51. The first-order valence-electron chi connectivity index (χ1n) is 7.77.